The van der Waals surface area contributed by atoms with Gasteiger partial charge in [-0.15, -0.1) is 0 Å². The van der Waals surface area contributed by atoms with E-state index in [0.29, 0.717) is 11.2 Å². The van der Waals surface area contributed by atoms with Gasteiger partial charge in [0.15, 0.2) is 5.17 Å². The van der Waals surface area contributed by atoms with Crippen molar-refractivity contribution in [2.75, 3.05) is 5.32 Å². The smallest absolute Gasteiger partial charge is 0.240 e. The number of aryl methyl sites for hydroxylation is 2. The van der Waals surface area contributed by atoms with Crippen LogP contribution in [0.3, 0.4) is 0 Å². The molecule has 2 aliphatic rings. The molecular weight excluding hydrogens is 298 g/mol. The van der Waals surface area contributed by atoms with Crippen molar-refractivity contribution >= 4 is 34.4 Å². The summed E-state index contributed by atoms with van der Waals surface area (Å²) < 4.78 is 0. The Kier molecular flexibility index (Phi) is 4.20. The average Bonchev–Trinajstić information content (AvgIpc) is 3.19. The van der Waals surface area contributed by atoms with Crippen molar-refractivity contribution in [3.05, 3.63) is 29.3 Å². The molecule has 0 unspecified atom stereocenters. The minimum atomic E-state index is -0.386. The first-order valence-electron chi connectivity index (χ1n) is 7.43. The topological polar surface area (TPSA) is 70.6 Å². The molecule has 22 heavy (non-hydrogen) atoms. The lowest BCUT2D eigenvalue weighted by molar-refractivity contribution is -0.122. The van der Waals surface area contributed by atoms with Gasteiger partial charge in [-0.2, -0.15) is 0 Å². The van der Waals surface area contributed by atoms with Gasteiger partial charge in [0.05, 0.1) is 6.04 Å². The Morgan fingerprint density at radius 2 is 2.18 bits per heavy atom. The van der Waals surface area contributed by atoms with Crippen LogP contribution in [0.2, 0.25) is 0 Å². The molecule has 1 aliphatic heterocycles. The van der Waals surface area contributed by atoms with E-state index >= 15 is 0 Å². The summed E-state index contributed by atoms with van der Waals surface area (Å²) in [5, 5.41) is 5.93. The number of carbonyl (C=O) groups is 2. The molecule has 1 aliphatic carbocycles. The predicted molar refractivity (Wildman–Crippen MR) is 89.1 cm³/mol. The van der Waals surface area contributed by atoms with Gasteiger partial charge in [0, 0.05) is 12.1 Å². The first kappa shape index (κ1) is 15.1. The van der Waals surface area contributed by atoms with Crippen LogP contribution in [0.1, 0.15) is 30.4 Å². The zero-order valence-electron chi connectivity index (χ0n) is 12.7. The third kappa shape index (κ3) is 3.68. The number of rotatable bonds is 4. The van der Waals surface area contributed by atoms with Crippen molar-refractivity contribution < 1.29 is 9.59 Å². The van der Waals surface area contributed by atoms with Crippen molar-refractivity contribution in [3.63, 3.8) is 0 Å². The van der Waals surface area contributed by atoms with Crippen LogP contribution in [0.15, 0.2) is 23.2 Å². The fourth-order valence-electron chi connectivity index (χ4n) is 2.21. The van der Waals surface area contributed by atoms with E-state index in [0.717, 1.165) is 29.7 Å². The van der Waals surface area contributed by atoms with Gasteiger partial charge in [-0.25, -0.2) is 0 Å². The summed E-state index contributed by atoms with van der Waals surface area (Å²) in [6, 6.07) is 6.29. The fraction of sp³-hybridized carbons (Fsp3) is 0.438. The maximum Gasteiger partial charge on any atom is 0.240 e. The summed E-state index contributed by atoms with van der Waals surface area (Å²) in [4.78, 5) is 28.5. The minimum Gasteiger partial charge on any atom is -0.326 e. The summed E-state index contributed by atoms with van der Waals surface area (Å²) in [5.74, 6) is -0.269. The molecule has 1 saturated carbocycles. The van der Waals surface area contributed by atoms with Crippen LogP contribution in [0.25, 0.3) is 0 Å². The molecule has 6 heteroatoms. The molecule has 0 radical (unpaired) electrons. The third-order valence-corrected chi connectivity index (χ3v) is 4.76. The van der Waals surface area contributed by atoms with Gasteiger partial charge < -0.3 is 10.6 Å². The van der Waals surface area contributed by atoms with Gasteiger partial charge in [-0.1, -0.05) is 23.9 Å². The standard InChI is InChI=1S/C16H19N3O2S/c1-9-3-4-10(2)12(7-9)18-14(20)8-13-15(21)19-16(22-13)17-11-5-6-11/h3-4,7,11,13H,5-6,8H2,1-2H3,(H,18,20)(H,17,19,21)/t13-/m1/s1. The summed E-state index contributed by atoms with van der Waals surface area (Å²) >= 11 is 1.36. The van der Waals surface area contributed by atoms with Gasteiger partial charge in [0.25, 0.3) is 0 Å². The van der Waals surface area contributed by atoms with Crippen LogP contribution < -0.4 is 10.6 Å². The number of carbonyl (C=O) groups excluding carboxylic acids is 2. The van der Waals surface area contributed by atoms with Gasteiger partial charge in [0.1, 0.15) is 5.25 Å². The summed E-state index contributed by atoms with van der Waals surface area (Å²) in [6.07, 6.45) is 2.35. The predicted octanol–water partition coefficient (Wildman–Crippen LogP) is 2.38. The lowest BCUT2D eigenvalue weighted by Crippen LogP contribution is -2.28. The van der Waals surface area contributed by atoms with Crippen LogP contribution in [-0.2, 0) is 9.59 Å². The number of nitrogens with one attached hydrogen (secondary N) is 2. The molecule has 1 heterocycles. The van der Waals surface area contributed by atoms with Crippen molar-refractivity contribution in [2.45, 2.75) is 44.4 Å². The van der Waals surface area contributed by atoms with E-state index in [1.807, 2.05) is 32.0 Å². The van der Waals surface area contributed by atoms with Gasteiger partial charge in [-0.3, -0.25) is 14.6 Å². The largest absolute Gasteiger partial charge is 0.326 e. The quantitative estimate of drug-likeness (QED) is 0.896. The van der Waals surface area contributed by atoms with Crippen molar-refractivity contribution in [1.29, 1.82) is 0 Å². The second-order valence-electron chi connectivity index (χ2n) is 5.83. The summed E-state index contributed by atoms with van der Waals surface area (Å²) in [6.45, 7) is 3.93. The highest BCUT2D eigenvalue weighted by molar-refractivity contribution is 8.15. The van der Waals surface area contributed by atoms with Crippen LogP contribution in [0.4, 0.5) is 5.69 Å². The Balaban J connectivity index is 1.59. The first-order valence-corrected chi connectivity index (χ1v) is 8.31. The molecule has 2 N–H and O–H groups in total. The Morgan fingerprint density at radius 1 is 1.41 bits per heavy atom. The van der Waals surface area contributed by atoms with Crippen LogP contribution >= 0.6 is 11.8 Å². The Labute approximate surface area is 134 Å². The second-order valence-corrected chi connectivity index (χ2v) is 7.02. The molecule has 1 aromatic carbocycles. The zero-order valence-corrected chi connectivity index (χ0v) is 13.5. The maximum atomic E-state index is 12.2. The SMILES string of the molecule is Cc1ccc(C)c(NC(=O)C[C@H]2SC(=NC3CC3)NC2=O)c1. The molecule has 2 fully saturated rings. The van der Waals surface area contributed by atoms with Gasteiger partial charge >= 0.3 is 0 Å². The molecule has 1 atom stereocenters. The summed E-state index contributed by atoms with van der Waals surface area (Å²) in [5.41, 5.74) is 2.91. The molecule has 3 rings (SSSR count). The Morgan fingerprint density at radius 3 is 2.91 bits per heavy atom. The molecule has 0 bridgehead atoms. The molecule has 0 spiro atoms. The lowest BCUT2D eigenvalue weighted by Gasteiger charge is -2.10. The van der Waals surface area contributed by atoms with Crippen LogP contribution in [-0.4, -0.2) is 28.3 Å². The van der Waals surface area contributed by atoms with E-state index in [-0.39, 0.29) is 23.5 Å². The van der Waals surface area contributed by atoms with E-state index in [2.05, 4.69) is 15.6 Å². The highest BCUT2D eigenvalue weighted by Gasteiger charge is 2.33. The number of nitrogens with zero attached hydrogens (tertiary/aromatic N) is 1. The molecule has 1 aromatic rings. The number of aliphatic imine (C=N–C) groups is 1. The number of amidine groups is 1. The number of hydrogen-bond donors (Lipinski definition) is 2. The molecule has 0 aromatic heterocycles. The molecular formula is C16H19N3O2S. The fourth-order valence-corrected chi connectivity index (χ4v) is 3.25. The number of thioether (sulfide) groups is 1. The average molecular weight is 317 g/mol. The monoisotopic (exact) mass is 317 g/mol. The van der Waals surface area contributed by atoms with Crippen LogP contribution in [0.5, 0.6) is 0 Å². The van der Waals surface area contributed by atoms with Gasteiger partial charge in [0.2, 0.25) is 11.8 Å². The maximum absolute atomic E-state index is 12.2. The second kappa shape index (κ2) is 6.12. The number of benzene rings is 1. The normalized spacial score (nSPS) is 22.7. The molecule has 2 amide bonds. The lowest BCUT2D eigenvalue weighted by atomic mass is 10.1. The van der Waals surface area contributed by atoms with E-state index in [1.54, 1.807) is 0 Å². The number of anilines is 1. The van der Waals surface area contributed by atoms with E-state index in [1.165, 1.54) is 11.8 Å². The Bertz CT molecular complexity index is 653. The highest BCUT2D eigenvalue weighted by atomic mass is 32.2. The van der Waals surface area contributed by atoms with Crippen LogP contribution in [0, 0.1) is 13.8 Å². The first-order chi connectivity index (χ1) is 10.5. The van der Waals surface area contributed by atoms with Crippen molar-refractivity contribution in [2.24, 2.45) is 4.99 Å². The minimum absolute atomic E-state index is 0.125. The third-order valence-electron chi connectivity index (χ3n) is 3.66. The van der Waals surface area contributed by atoms with Crippen molar-refractivity contribution in [1.82, 2.24) is 5.32 Å². The number of hydrogen-bond acceptors (Lipinski definition) is 4. The number of amides is 2. The van der Waals surface area contributed by atoms with E-state index in [9.17, 15) is 9.59 Å². The molecule has 5 nitrogen and oxygen atoms in total. The van der Waals surface area contributed by atoms with E-state index in [4.69, 9.17) is 0 Å². The summed E-state index contributed by atoms with van der Waals surface area (Å²) in [7, 11) is 0. The molecule has 116 valence electrons. The van der Waals surface area contributed by atoms with Crippen molar-refractivity contribution in [3.8, 4) is 0 Å². The Hall–Kier alpha value is -1.82. The zero-order chi connectivity index (χ0) is 15.7. The molecule has 1 saturated heterocycles. The highest BCUT2D eigenvalue weighted by Crippen LogP contribution is 2.29. The van der Waals surface area contributed by atoms with E-state index < -0.39 is 0 Å². The van der Waals surface area contributed by atoms with Gasteiger partial charge in [-0.05, 0) is 43.9 Å².